The van der Waals surface area contributed by atoms with Crippen LogP contribution >= 0.6 is 0 Å². The zero-order valence-electron chi connectivity index (χ0n) is 58.9. The Morgan fingerprint density at radius 1 is 0.267 bits per heavy atom. The molecule has 0 fully saturated rings. The van der Waals surface area contributed by atoms with Crippen molar-refractivity contribution in [2.45, 2.75) is 84.0 Å². The average molecular weight is 1300 g/mol. The van der Waals surface area contributed by atoms with Gasteiger partial charge in [0, 0.05) is 61.5 Å². The van der Waals surface area contributed by atoms with Gasteiger partial charge in [0.15, 0.2) is 0 Å². The first kappa shape index (κ1) is 60.7. The van der Waals surface area contributed by atoms with Gasteiger partial charge >= 0.3 is 0 Å². The van der Waals surface area contributed by atoms with Crippen LogP contribution in [0.3, 0.4) is 0 Å². The van der Waals surface area contributed by atoms with Crippen molar-refractivity contribution in [3.05, 3.63) is 348 Å². The number of hydrogen-bond donors (Lipinski definition) is 0. The van der Waals surface area contributed by atoms with E-state index in [9.17, 15) is 0 Å². The Kier molecular flexibility index (Phi) is 13.4. The van der Waals surface area contributed by atoms with Crippen LogP contribution in [0.5, 0.6) is 0 Å². The Balaban J connectivity index is 1.00. The van der Waals surface area contributed by atoms with Crippen molar-refractivity contribution in [1.29, 1.82) is 0 Å². The molecule has 4 aliphatic rings. The molecule has 19 rings (SSSR count). The lowest BCUT2D eigenvalue weighted by Gasteiger charge is -2.47. The second kappa shape index (κ2) is 22.3. The lowest BCUT2D eigenvalue weighted by atomic mass is 9.33. The van der Waals surface area contributed by atoms with Gasteiger partial charge < -0.3 is 14.4 Å². The SMILES string of the molecule is CC(C)(C)c1cc2c3c(c1)N(c1c(-c4ccccc4)cccc1-c1ccccc1)c1cc4c(cc1B3c1ccc(-n3c5ccc(C(C)(C)C)cc5c5cc(C(C)(C)C)ccc53)cc1N2c1c(-c2ccccc2)cccc1-c1ccccc1)C1(c2ccccc2-c2ccccc21)c1ccccc1-4. The first-order valence-electron chi connectivity index (χ1n) is 36.0. The summed E-state index contributed by atoms with van der Waals surface area (Å²) in [5.74, 6) is 0. The normalized spacial score (nSPS) is 13.8. The summed E-state index contributed by atoms with van der Waals surface area (Å²) in [6, 6.07) is 119. The lowest BCUT2D eigenvalue weighted by molar-refractivity contribution is 0.590. The lowest BCUT2D eigenvalue weighted by Crippen LogP contribution is -2.61. The summed E-state index contributed by atoms with van der Waals surface area (Å²) in [7, 11) is 0. The van der Waals surface area contributed by atoms with Crippen LogP contribution in [0.15, 0.2) is 309 Å². The molecule has 0 unspecified atom stereocenters. The molecule has 484 valence electrons. The maximum atomic E-state index is 2.74. The summed E-state index contributed by atoms with van der Waals surface area (Å²) in [6.45, 7) is 21.0. The molecule has 2 aliphatic heterocycles. The maximum Gasteiger partial charge on any atom is 0.252 e. The van der Waals surface area contributed by atoms with Gasteiger partial charge in [-0.15, -0.1) is 0 Å². The smallest absolute Gasteiger partial charge is 0.252 e. The molecule has 3 heterocycles. The number of rotatable bonds is 7. The summed E-state index contributed by atoms with van der Waals surface area (Å²) in [5.41, 5.74) is 36.8. The van der Waals surface area contributed by atoms with Crippen LogP contribution < -0.4 is 26.2 Å². The summed E-state index contributed by atoms with van der Waals surface area (Å²) >= 11 is 0. The van der Waals surface area contributed by atoms with E-state index in [-0.39, 0.29) is 23.0 Å². The largest absolute Gasteiger partial charge is 0.310 e. The van der Waals surface area contributed by atoms with Crippen LogP contribution in [-0.4, -0.2) is 11.3 Å². The Bertz CT molecular complexity index is 5670. The van der Waals surface area contributed by atoms with Crippen molar-refractivity contribution in [3.8, 4) is 72.4 Å². The third kappa shape index (κ3) is 9.06. The molecule has 0 saturated carbocycles. The van der Waals surface area contributed by atoms with Crippen LogP contribution in [0, 0.1) is 0 Å². The Morgan fingerprint density at radius 2 is 0.634 bits per heavy atom. The van der Waals surface area contributed by atoms with E-state index in [1.54, 1.807) is 0 Å². The molecule has 1 aromatic heterocycles. The molecule has 101 heavy (non-hydrogen) atoms. The number of para-hydroxylation sites is 2. The minimum absolute atomic E-state index is 0.0526. The molecule has 14 aromatic carbocycles. The average Bonchev–Trinajstić information content (AvgIpc) is 1.60. The zero-order chi connectivity index (χ0) is 68.4. The van der Waals surface area contributed by atoms with Gasteiger partial charge in [-0.2, -0.15) is 0 Å². The minimum atomic E-state index is -0.599. The van der Waals surface area contributed by atoms with Gasteiger partial charge in [0.25, 0.3) is 6.71 Å². The first-order valence-corrected chi connectivity index (χ1v) is 36.0. The second-order valence-electron chi connectivity index (χ2n) is 31.5. The Labute approximate surface area is 594 Å². The molecule has 4 heteroatoms. The van der Waals surface area contributed by atoms with Crippen LogP contribution in [0.4, 0.5) is 34.1 Å². The van der Waals surface area contributed by atoms with Crippen LogP contribution in [0.25, 0.3) is 94.3 Å². The topological polar surface area (TPSA) is 11.4 Å². The molecule has 0 atom stereocenters. The summed E-state index contributed by atoms with van der Waals surface area (Å²) < 4.78 is 2.57. The molecule has 3 nitrogen and oxygen atoms in total. The van der Waals surface area contributed by atoms with E-state index in [1.165, 1.54) is 116 Å². The van der Waals surface area contributed by atoms with E-state index in [0.29, 0.717) is 0 Å². The van der Waals surface area contributed by atoms with Gasteiger partial charge in [0.05, 0.1) is 27.8 Å². The van der Waals surface area contributed by atoms with E-state index in [0.717, 1.165) is 67.3 Å². The molecule has 15 aromatic rings. The van der Waals surface area contributed by atoms with Gasteiger partial charge in [0.1, 0.15) is 0 Å². The van der Waals surface area contributed by atoms with Gasteiger partial charge in [-0.25, -0.2) is 0 Å². The fourth-order valence-corrected chi connectivity index (χ4v) is 17.8. The van der Waals surface area contributed by atoms with Crippen molar-refractivity contribution in [1.82, 2.24) is 4.57 Å². The number of hydrogen-bond acceptors (Lipinski definition) is 2. The van der Waals surface area contributed by atoms with Crippen molar-refractivity contribution in [3.63, 3.8) is 0 Å². The highest BCUT2D eigenvalue weighted by Crippen LogP contribution is 2.64. The number of fused-ring (bicyclic) bond motifs is 17. The van der Waals surface area contributed by atoms with Crippen molar-refractivity contribution in [2.75, 3.05) is 9.80 Å². The van der Waals surface area contributed by atoms with E-state index >= 15 is 0 Å². The van der Waals surface area contributed by atoms with Gasteiger partial charge in [-0.05, 0) is 171 Å². The molecular formula is C97H78BN3. The fourth-order valence-electron chi connectivity index (χ4n) is 17.8. The van der Waals surface area contributed by atoms with Gasteiger partial charge in [-0.3, -0.25) is 0 Å². The molecule has 1 spiro atoms. The maximum absolute atomic E-state index is 2.74. The molecule has 2 aliphatic carbocycles. The zero-order valence-corrected chi connectivity index (χ0v) is 58.9. The first-order chi connectivity index (χ1) is 49.0. The highest BCUT2D eigenvalue weighted by Gasteiger charge is 2.54. The van der Waals surface area contributed by atoms with Crippen LogP contribution in [0.1, 0.15) is 101 Å². The van der Waals surface area contributed by atoms with Gasteiger partial charge in [0.2, 0.25) is 0 Å². The van der Waals surface area contributed by atoms with Crippen LogP contribution in [-0.2, 0) is 21.7 Å². The van der Waals surface area contributed by atoms with Crippen molar-refractivity contribution in [2.24, 2.45) is 0 Å². The Morgan fingerprint density at radius 3 is 1.04 bits per heavy atom. The number of aromatic nitrogens is 1. The number of anilines is 6. The van der Waals surface area contributed by atoms with Crippen LogP contribution in [0.2, 0.25) is 0 Å². The molecule has 0 bridgehead atoms. The highest BCUT2D eigenvalue weighted by atomic mass is 15.2. The minimum Gasteiger partial charge on any atom is -0.310 e. The summed E-state index contributed by atoms with van der Waals surface area (Å²) in [4.78, 5) is 5.47. The predicted molar refractivity (Wildman–Crippen MR) is 429 cm³/mol. The summed E-state index contributed by atoms with van der Waals surface area (Å²) in [6.07, 6.45) is 0. The molecular weight excluding hydrogens is 1220 g/mol. The molecule has 0 saturated heterocycles. The van der Waals surface area contributed by atoms with E-state index in [2.05, 4.69) is 386 Å². The van der Waals surface area contributed by atoms with E-state index in [1.807, 2.05) is 0 Å². The monoisotopic (exact) mass is 1300 g/mol. The molecule has 0 amide bonds. The van der Waals surface area contributed by atoms with Gasteiger partial charge in [-0.1, -0.05) is 317 Å². The number of benzene rings is 14. The molecule has 0 radical (unpaired) electrons. The third-order valence-electron chi connectivity index (χ3n) is 22.6. The van der Waals surface area contributed by atoms with E-state index in [4.69, 9.17) is 0 Å². The number of nitrogens with zero attached hydrogens (tertiary/aromatic N) is 3. The third-order valence-corrected chi connectivity index (χ3v) is 22.6. The second-order valence-corrected chi connectivity index (χ2v) is 31.5. The van der Waals surface area contributed by atoms with Crippen molar-refractivity contribution < 1.29 is 0 Å². The summed E-state index contributed by atoms with van der Waals surface area (Å²) in [5, 5.41) is 2.54. The quantitative estimate of drug-likeness (QED) is 0.147. The predicted octanol–water partition coefficient (Wildman–Crippen LogP) is 23.8. The Hall–Kier alpha value is -11.5. The highest BCUT2D eigenvalue weighted by molar-refractivity contribution is 7.00. The van der Waals surface area contributed by atoms with E-state index < -0.39 is 5.41 Å². The standard InChI is InChI=1S/C97H78BN3/c1-94(2,3)65-48-52-85-77(54-65)78-55-66(95(4,5)6)49-53-86(78)99(85)68-50-51-83-87(58-68)100(92-69(61-30-14-10-15-31-61)41-28-42-70(92)62-32-16-11-17-33-62)89-56-67(96(7,8)9)57-90-91(89)98(83)84-60-82-76(75-40-24-27-47-81(75)97(82)79-45-25-22-38-73(79)74-39-23-26-46-80(74)97)59-88(84)101(90)93-71(63-34-18-12-19-35-63)43-29-44-72(93)64-36-20-13-21-37-64/h10-60H,1-9H3. The fraction of sp³-hybridized carbons (Fsp3) is 0.134. The van der Waals surface area contributed by atoms with Crippen molar-refractivity contribution >= 4 is 79.0 Å². The molecule has 0 N–H and O–H groups in total.